The Labute approximate surface area is 166 Å². The molecule has 0 aliphatic heterocycles. The van der Waals surface area contributed by atoms with Gasteiger partial charge in [0.1, 0.15) is 0 Å². The lowest BCUT2D eigenvalue weighted by Crippen LogP contribution is -2.03. The quantitative estimate of drug-likeness (QED) is 0.319. The minimum atomic E-state index is -0.976. The molecule has 0 heterocycles. The van der Waals surface area contributed by atoms with Gasteiger partial charge in [0, 0.05) is 0 Å². The van der Waals surface area contributed by atoms with Gasteiger partial charge in [-0.2, -0.15) is 5.10 Å². The number of carboxylic acid groups (broad SMARTS) is 1. The molecule has 0 aliphatic carbocycles. The highest BCUT2D eigenvalue weighted by Gasteiger charge is 2.11. The smallest absolute Gasteiger partial charge is 0.335 e. The van der Waals surface area contributed by atoms with E-state index in [2.05, 4.69) is 40.0 Å². The van der Waals surface area contributed by atoms with E-state index >= 15 is 0 Å². The minimum absolute atomic E-state index is 0.204. The highest BCUT2D eigenvalue weighted by atomic mass is 127. The molecule has 0 unspecified atom stereocenters. The SMILES string of the molecule is CCCOc1c(I)cc(C=NNc2cccc(C(=O)O)c2)cc1OCC. The van der Waals surface area contributed by atoms with E-state index in [4.69, 9.17) is 14.6 Å². The topological polar surface area (TPSA) is 80.2 Å². The third-order valence-electron chi connectivity index (χ3n) is 3.30. The van der Waals surface area contributed by atoms with E-state index in [0.29, 0.717) is 24.7 Å². The van der Waals surface area contributed by atoms with Gasteiger partial charge in [-0.1, -0.05) is 13.0 Å². The van der Waals surface area contributed by atoms with Crippen molar-refractivity contribution in [3.8, 4) is 11.5 Å². The fraction of sp³-hybridized carbons (Fsp3) is 0.263. The predicted molar refractivity (Wildman–Crippen MR) is 111 cm³/mol. The third-order valence-corrected chi connectivity index (χ3v) is 4.10. The summed E-state index contributed by atoms with van der Waals surface area (Å²) in [6.45, 7) is 5.15. The molecule has 0 bridgehead atoms. The van der Waals surface area contributed by atoms with Crippen molar-refractivity contribution in [1.82, 2.24) is 0 Å². The van der Waals surface area contributed by atoms with Crippen LogP contribution < -0.4 is 14.9 Å². The Hall–Kier alpha value is -2.29. The van der Waals surface area contributed by atoms with Crippen LogP contribution in [0, 0.1) is 3.57 Å². The van der Waals surface area contributed by atoms with Gasteiger partial charge in [-0.05, 0) is 71.8 Å². The van der Waals surface area contributed by atoms with Gasteiger partial charge >= 0.3 is 5.97 Å². The maximum atomic E-state index is 11.0. The van der Waals surface area contributed by atoms with Crippen LogP contribution >= 0.6 is 22.6 Å². The number of benzene rings is 2. The number of anilines is 1. The van der Waals surface area contributed by atoms with Crippen LogP contribution in [0.15, 0.2) is 41.5 Å². The van der Waals surface area contributed by atoms with Crippen molar-refractivity contribution < 1.29 is 19.4 Å². The maximum absolute atomic E-state index is 11.0. The molecule has 2 aromatic rings. The maximum Gasteiger partial charge on any atom is 0.335 e. The molecule has 0 fully saturated rings. The Morgan fingerprint density at radius 3 is 2.77 bits per heavy atom. The van der Waals surface area contributed by atoms with Gasteiger partial charge in [-0.25, -0.2) is 4.79 Å². The van der Waals surface area contributed by atoms with Gasteiger partial charge in [0.25, 0.3) is 0 Å². The van der Waals surface area contributed by atoms with Crippen molar-refractivity contribution in [1.29, 1.82) is 0 Å². The molecule has 0 atom stereocenters. The number of halogens is 1. The van der Waals surface area contributed by atoms with Crippen molar-refractivity contribution in [2.45, 2.75) is 20.3 Å². The molecule has 138 valence electrons. The number of hydrogen-bond acceptors (Lipinski definition) is 5. The van der Waals surface area contributed by atoms with E-state index in [9.17, 15) is 4.79 Å². The molecular weight excluding hydrogens is 447 g/mol. The third kappa shape index (κ3) is 5.62. The second kappa shape index (κ2) is 10.0. The normalized spacial score (nSPS) is 10.7. The first-order valence-corrected chi connectivity index (χ1v) is 9.34. The Balaban J connectivity index is 2.16. The Morgan fingerprint density at radius 2 is 2.08 bits per heavy atom. The number of ether oxygens (including phenoxy) is 2. The number of nitrogens with zero attached hydrogens (tertiary/aromatic N) is 1. The molecular formula is C19H21IN2O4. The molecule has 0 saturated carbocycles. The zero-order valence-electron chi connectivity index (χ0n) is 14.7. The highest BCUT2D eigenvalue weighted by Crippen LogP contribution is 2.34. The summed E-state index contributed by atoms with van der Waals surface area (Å²) >= 11 is 2.21. The Morgan fingerprint density at radius 1 is 1.27 bits per heavy atom. The summed E-state index contributed by atoms with van der Waals surface area (Å²) in [6.07, 6.45) is 2.58. The van der Waals surface area contributed by atoms with Crippen LogP contribution in [0.3, 0.4) is 0 Å². The van der Waals surface area contributed by atoms with Crippen LogP contribution in [-0.2, 0) is 0 Å². The van der Waals surface area contributed by atoms with Crippen molar-refractivity contribution in [3.05, 3.63) is 51.1 Å². The Kier molecular flexibility index (Phi) is 7.71. The molecule has 26 heavy (non-hydrogen) atoms. The summed E-state index contributed by atoms with van der Waals surface area (Å²) in [4.78, 5) is 11.0. The number of carbonyl (C=O) groups is 1. The standard InChI is InChI=1S/C19H21IN2O4/c1-3-8-26-18-16(20)9-13(10-17(18)25-4-2)12-21-22-15-7-5-6-14(11-15)19(23)24/h5-7,9-12,22H,3-4,8H2,1-2H3,(H,23,24). The average molecular weight is 468 g/mol. The van der Waals surface area contributed by atoms with Gasteiger partial charge in [0.05, 0.1) is 34.2 Å². The van der Waals surface area contributed by atoms with Crippen LogP contribution in [0.5, 0.6) is 11.5 Å². The van der Waals surface area contributed by atoms with Crippen molar-refractivity contribution in [2.75, 3.05) is 18.6 Å². The first-order chi connectivity index (χ1) is 12.5. The summed E-state index contributed by atoms with van der Waals surface area (Å²) in [7, 11) is 0. The monoisotopic (exact) mass is 468 g/mol. The fourth-order valence-corrected chi connectivity index (χ4v) is 2.95. The molecule has 0 radical (unpaired) electrons. The second-order valence-corrected chi connectivity index (χ2v) is 6.53. The number of hydrazone groups is 1. The van der Waals surface area contributed by atoms with Crippen LogP contribution in [0.4, 0.5) is 5.69 Å². The number of nitrogens with one attached hydrogen (secondary N) is 1. The Bertz CT molecular complexity index is 793. The van der Waals surface area contributed by atoms with Crippen LogP contribution in [-0.4, -0.2) is 30.5 Å². The van der Waals surface area contributed by atoms with Gasteiger partial charge < -0.3 is 14.6 Å². The molecule has 7 heteroatoms. The molecule has 0 saturated heterocycles. The lowest BCUT2D eigenvalue weighted by Gasteiger charge is -2.14. The fourth-order valence-electron chi connectivity index (χ4n) is 2.17. The summed E-state index contributed by atoms with van der Waals surface area (Å²) in [5.74, 6) is 0.451. The van der Waals surface area contributed by atoms with Crippen molar-refractivity contribution >= 4 is 40.5 Å². The number of aromatic carboxylic acids is 1. The molecule has 2 rings (SSSR count). The van der Waals surface area contributed by atoms with E-state index < -0.39 is 5.97 Å². The van der Waals surface area contributed by atoms with E-state index in [1.165, 1.54) is 12.1 Å². The van der Waals surface area contributed by atoms with Crippen LogP contribution in [0.2, 0.25) is 0 Å². The largest absolute Gasteiger partial charge is 0.490 e. The summed E-state index contributed by atoms with van der Waals surface area (Å²) in [5, 5.41) is 13.2. The molecule has 6 nitrogen and oxygen atoms in total. The summed E-state index contributed by atoms with van der Waals surface area (Å²) in [6, 6.07) is 10.3. The highest BCUT2D eigenvalue weighted by molar-refractivity contribution is 14.1. The van der Waals surface area contributed by atoms with Crippen LogP contribution in [0.1, 0.15) is 36.2 Å². The zero-order valence-corrected chi connectivity index (χ0v) is 16.8. The van der Waals surface area contributed by atoms with E-state index in [-0.39, 0.29) is 5.56 Å². The number of hydrogen-bond donors (Lipinski definition) is 2. The summed E-state index contributed by atoms with van der Waals surface area (Å²) in [5.41, 5.74) is 4.50. The van der Waals surface area contributed by atoms with Crippen molar-refractivity contribution in [2.24, 2.45) is 5.10 Å². The first-order valence-electron chi connectivity index (χ1n) is 8.26. The van der Waals surface area contributed by atoms with Gasteiger partial charge in [-0.15, -0.1) is 0 Å². The van der Waals surface area contributed by atoms with Gasteiger partial charge in [-0.3, -0.25) is 5.43 Å². The molecule has 2 N–H and O–H groups in total. The second-order valence-electron chi connectivity index (χ2n) is 5.37. The minimum Gasteiger partial charge on any atom is -0.490 e. The number of rotatable bonds is 9. The molecule has 0 amide bonds. The van der Waals surface area contributed by atoms with Gasteiger partial charge in [0.15, 0.2) is 11.5 Å². The average Bonchev–Trinajstić information content (AvgIpc) is 2.61. The van der Waals surface area contributed by atoms with E-state index in [0.717, 1.165) is 21.3 Å². The zero-order chi connectivity index (χ0) is 18.9. The predicted octanol–water partition coefficient (Wildman–Crippen LogP) is 4.62. The summed E-state index contributed by atoms with van der Waals surface area (Å²) < 4.78 is 12.4. The van der Waals surface area contributed by atoms with Gasteiger partial charge in [0.2, 0.25) is 0 Å². The molecule has 2 aromatic carbocycles. The molecule has 0 aliphatic rings. The van der Waals surface area contributed by atoms with Crippen molar-refractivity contribution in [3.63, 3.8) is 0 Å². The van der Waals surface area contributed by atoms with E-state index in [1.54, 1.807) is 18.3 Å². The van der Waals surface area contributed by atoms with E-state index in [1.807, 2.05) is 19.1 Å². The lowest BCUT2D eigenvalue weighted by molar-refractivity contribution is 0.0697. The van der Waals surface area contributed by atoms with Crippen LogP contribution in [0.25, 0.3) is 0 Å². The first kappa shape index (κ1) is 20.0. The molecule has 0 spiro atoms. The molecule has 0 aromatic heterocycles. The lowest BCUT2D eigenvalue weighted by atomic mass is 10.2. The number of carboxylic acids is 1.